The van der Waals surface area contributed by atoms with Gasteiger partial charge in [0, 0.05) is 19.2 Å². The van der Waals surface area contributed by atoms with Gasteiger partial charge in [-0.25, -0.2) is 0 Å². The Hall–Kier alpha value is -1.56. The summed E-state index contributed by atoms with van der Waals surface area (Å²) in [5.74, 6) is 0.00597. The van der Waals surface area contributed by atoms with E-state index in [1.54, 1.807) is 6.07 Å². The van der Waals surface area contributed by atoms with E-state index in [1.807, 2.05) is 18.4 Å². The van der Waals surface area contributed by atoms with Crippen LogP contribution in [0.5, 0.6) is 0 Å². The van der Waals surface area contributed by atoms with Crippen molar-refractivity contribution in [3.8, 4) is 6.07 Å². The summed E-state index contributed by atoms with van der Waals surface area (Å²) in [5.41, 5.74) is 2.08. The fourth-order valence-corrected chi connectivity index (χ4v) is 1.46. The Morgan fingerprint density at radius 2 is 2.31 bits per heavy atom. The molecule has 0 saturated carbocycles. The molecule has 0 atom stereocenters. The number of carbonyl (C=O) groups is 1. The van der Waals surface area contributed by atoms with Crippen LogP contribution in [0.15, 0.2) is 6.07 Å². The van der Waals surface area contributed by atoms with Crippen molar-refractivity contribution in [1.82, 2.24) is 4.57 Å². The zero-order valence-electron chi connectivity index (χ0n) is 8.09. The molecule has 1 heterocycles. The maximum absolute atomic E-state index is 11.2. The first-order valence-electron chi connectivity index (χ1n) is 4.23. The maximum Gasteiger partial charge on any atom is 0.176 e. The van der Waals surface area contributed by atoms with Crippen LogP contribution in [-0.4, -0.2) is 10.4 Å². The number of nitriles is 1. The molecule has 1 rings (SSSR count). The highest BCUT2D eigenvalue weighted by Crippen LogP contribution is 2.14. The van der Waals surface area contributed by atoms with Crippen molar-refractivity contribution in [3.05, 3.63) is 23.0 Å². The van der Waals surface area contributed by atoms with Gasteiger partial charge in [-0.2, -0.15) is 5.26 Å². The molecular weight excluding hydrogens is 164 g/mol. The van der Waals surface area contributed by atoms with Crippen LogP contribution in [0.3, 0.4) is 0 Å². The number of rotatable bonds is 2. The lowest BCUT2D eigenvalue weighted by molar-refractivity contribution is 0.100. The molecule has 0 unspecified atom stereocenters. The molecule has 0 saturated heterocycles. The Morgan fingerprint density at radius 1 is 1.69 bits per heavy atom. The maximum atomic E-state index is 11.2. The highest BCUT2D eigenvalue weighted by molar-refractivity contribution is 5.93. The van der Waals surface area contributed by atoms with Crippen LogP contribution in [0.4, 0.5) is 0 Å². The average Bonchev–Trinajstić information content (AvgIpc) is 2.42. The van der Waals surface area contributed by atoms with E-state index in [4.69, 9.17) is 5.26 Å². The van der Waals surface area contributed by atoms with E-state index < -0.39 is 0 Å². The smallest absolute Gasteiger partial charge is 0.176 e. The van der Waals surface area contributed by atoms with Crippen LogP contribution >= 0.6 is 0 Å². The fraction of sp³-hybridized carbons (Fsp3) is 0.400. The third kappa shape index (κ3) is 1.48. The van der Waals surface area contributed by atoms with Gasteiger partial charge in [-0.1, -0.05) is 0 Å². The van der Waals surface area contributed by atoms with Gasteiger partial charge in [-0.05, 0) is 19.9 Å². The quantitative estimate of drug-likeness (QED) is 0.646. The Morgan fingerprint density at radius 3 is 2.62 bits per heavy atom. The highest BCUT2D eigenvalue weighted by Gasteiger charge is 2.12. The Kier molecular flexibility index (Phi) is 2.52. The van der Waals surface area contributed by atoms with Gasteiger partial charge in [0.05, 0.1) is 11.3 Å². The molecule has 3 heteroatoms. The minimum atomic E-state index is 0.00597. The van der Waals surface area contributed by atoms with E-state index in [0.29, 0.717) is 11.3 Å². The molecule has 0 aliphatic carbocycles. The zero-order chi connectivity index (χ0) is 10.0. The van der Waals surface area contributed by atoms with Crippen LogP contribution in [0.2, 0.25) is 0 Å². The molecular formula is C10H12N2O. The predicted octanol–water partition coefficient (Wildman–Crippen LogP) is 1.89. The molecule has 1 aromatic heterocycles. The van der Waals surface area contributed by atoms with Gasteiger partial charge in [0.1, 0.15) is 6.07 Å². The Balaban J connectivity index is 3.38. The molecule has 13 heavy (non-hydrogen) atoms. The summed E-state index contributed by atoms with van der Waals surface area (Å²) in [4.78, 5) is 11.2. The van der Waals surface area contributed by atoms with E-state index >= 15 is 0 Å². The second-order valence-corrected chi connectivity index (χ2v) is 2.94. The Labute approximate surface area is 77.6 Å². The second-order valence-electron chi connectivity index (χ2n) is 2.94. The molecule has 0 aliphatic rings. The van der Waals surface area contributed by atoms with Gasteiger partial charge in [0.15, 0.2) is 5.78 Å². The second kappa shape index (κ2) is 3.44. The number of Topliss-reactive ketones (excluding diaryl/α,β-unsaturated/α-hetero) is 1. The lowest BCUT2D eigenvalue weighted by atomic mass is 10.2. The van der Waals surface area contributed by atoms with E-state index in [2.05, 4.69) is 6.07 Å². The van der Waals surface area contributed by atoms with Crippen LogP contribution in [0, 0.1) is 18.3 Å². The van der Waals surface area contributed by atoms with Gasteiger partial charge in [0.25, 0.3) is 0 Å². The lowest BCUT2D eigenvalue weighted by Crippen LogP contribution is -2.06. The minimum Gasteiger partial charge on any atom is -0.341 e. The van der Waals surface area contributed by atoms with Crippen LogP contribution in [0.1, 0.15) is 35.6 Å². The van der Waals surface area contributed by atoms with E-state index in [-0.39, 0.29) is 5.78 Å². The van der Waals surface area contributed by atoms with Crippen molar-refractivity contribution in [2.24, 2.45) is 0 Å². The van der Waals surface area contributed by atoms with E-state index in [0.717, 1.165) is 12.2 Å². The van der Waals surface area contributed by atoms with Gasteiger partial charge < -0.3 is 4.57 Å². The molecule has 0 fully saturated rings. The monoisotopic (exact) mass is 176 g/mol. The molecule has 0 spiro atoms. The van der Waals surface area contributed by atoms with Crippen molar-refractivity contribution in [2.75, 3.05) is 0 Å². The minimum absolute atomic E-state index is 0.00597. The third-order valence-electron chi connectivity index (χ3n) is 2.16. The average molecular weight is 176 g/mol. The van der Waals surface area contributed by atoms with Crippen molar-refractivity contribution < 1.29 is 4.79 Å². The van der Waals surface area contributed by atoms with E-state index in [9.17, 15) is 4.79 Å². The molecule has 0 aliphatic heterocycles. The molecule has 3 nitrogen and oxygen atoms in total. The molecule has 1 aromatic rings. The topological polar surface area (TPSA) is 45.8 Å². The molecule has 0 aromatic carbocycles. The summed E-state index contributed by atoms with van der Waals surface area (Å²) >= 11 is 0. The number of aromatic nitrogens is 1. The summed E-state index contributed by atoms with van der Waals surface area (Å²) in [5, 5.41) is 8.76. The largest absolute Gasteiger partial charge is 0.341 e. The summed E-state index contributed by atoms with van der Waals surface area (Å²) in [7, 11) is 0. The van der Waals surface area contributed by atoms with Gasteiger partial charge in [0.2, 0.25) is 0 Å². The molecule has 0 amide bonds. The summed E-state index contributed by atoms with van der Waals surface area (Å²) in [6.45, 7) is 6.06. The molecule has 0 bridgehead atoms. The number of carbonyl (C=O) groups excluding carboxylic acids is 1. The summed E-state index contributed by atoms with van der Waals surface area (Å²) in [6.07, 6.45) is 0. The van der Waals surface area contributed by atoms with Crippen LogP contribution < -0.4 is 0 Å². The SMILES string of the molecule is CCn1c(C(C)=O)cc(C#N)c1C. The van der Waals surface area contributed by atoms with Gasteiger partial charge >= 0.3 is 0 Å². The molecule has 68 valence electrons. The highest BCUT2D eigenvalue weighted by atomic mass is 16.1. The number of ketones is 1. The molecule has 0 N–H and O–H groups in total. The first-order valence-corrected chi connectivity index (χ1v) is 4.23. The summed E-state index contributed by atoms with van der Waals surface area (Å²) in [6, 6.07) is 3.73. The Bertz CT molecular complexity index is 382. The van der Waals surface area contributed by atoms with Crippen molar-refractivity contribution in [1.29, 1.82) is 5.26 Å². The number of hydrogen-bond acceptors (Lipinski definition) is 2. The van der Waals surface area contributed by atoms with Gasteiger partial charge in [-0.3, -0.25) is 4.79 Å². The first-order chi connectivity index (χ1) is 6.11. The standard InChI is InChI=1S/C10H12N2O/c1-4-12-7(2)9(6-11)5-10(12)8(3)13/h5H,4H2,1-3H3. The number of hydrogen-bond donors (Lipinski definition) is 0. The van der Waals surface area contributed by atoms with Gasteiger partial charge in [-0.15, -0.1) is 0 Å². The zero-order valence-corrected chi connectivity index (χ0v) is 8.09. The van der Waals surface area contributed by atoms with E-state index in [1.165, 1.54) is 6.92 Å². The van der Waals surface area contributed by atoms with Crippen molar-refractivity contribution in [2.45, 2.75) is 27.3 Å². The first kappa shape index (κ1) is 9.53. The predicted molar refractivity (Wildman–Crippen MR) is 49.6 cm³/mol. The lowest BCUT2D eigenvalue weighted by Gasteiger charge is -2.04. The third-order valence-corrected chi connectivity index (χ3v) is 2.16. The van der Waals surface area contributed by atoms with Crippen LogP contribution in [-0.2, 0) is 6.54 Å². The van der Waals surface area contributed by atoms with Crippen molar-refractivity contribution in [3.63, 3.8) is 0 Å². The normalized spacial score (nSPS) is 9.69. The van der Waals surface area contributed by atoms with Crippen LogP contribution in [0.25, 0.3) is 0 Å². The summed E-state index contributed by atoms with van der Waals surface area (Å²) < 4.78 is 1.86. The number of nitrogens with zero attached hydrogens (tertiary/aromatic N) is 2. The van der Waals surface area contributed by atoms with Crippen molar-refractivity contribution >= 4 is 5.78 Å². The fourth-order valence-electron chi connectivity index (χ4n) is 1.46. The molecule has 0 radical (unpaired) electrons.